The van der Waals surface area contributed by atoms with E-state index in [4.69, 9.17) is 18.9 Å². The molecule has 0 aromatic carbocycles. The highest BCUT2D eigenvalue weighted by Gasteiger charge is 2.54. The SMILES string of the molecule is CC1(C)O[C@H]2O[C@H](COCC(CO)(CO)CO)[C@H](O)[C@H]2O1. The Labute approximate surface area is 123 Å². The maximum atomic E-state index is 10.1. The summed E-state index contributed by atoms with van der Waals surface area (Å²) in [7, 11) is 0. The maximum absolute atomic E-state index is 10.1. The van der Waals surface area contributed by atoms with E-state index in [9.17, 15) is 20.4 Å². The van der Waals surface area contributed by atoms with Crippen molar-refractivity contribution in [3.8, 4) is 0 Å². The zero-order valence-electron chi connectivity index (χ0n) is 12.3. The fourth-order valence-electron chi connectivity index (χ4n) is 2.37. The molecule has 124 valence electrons. The molecule has 0 aliphatic carbocycles. The molecular weight excluding hydrogens is 284 g/mol. The van der Waals surface area contributed by atoms with Crippen molar-refractivity contribution in [3.63, 3.8) is 0 Å². The van der Waals surface area contributed by atoms with Gasteiger partial charge in [-0.05, 0) is 13.8 Å². The number of rotatable bonds is 7. The van der Waals surface area contributed by atoms with Crippen molar-refractivity contribution in [1.82, 2.24) is 0 Å². The molecule has 2 aliphatic rings. The van der Waals surface area contributed by atoms with Crippen LogP contribution in [0.25, 0.3) is 0 Å². The molecular formula is C13H24O8. The van der Waals surface area contributed by atoms with E-state index in [0.717, 1.165) is 0 Å². The minimum Gasteiger partial charge on any atom is -0.396 e. The molecule has 2 heterocycles. The third kappa shape index (κ3) is 3.54. The Hall–Kier alpha value is -0.320. The van der Waals surface area contributed by atoms with Crippen LogP contribution in [0.5, 0.6) is 0 Å². The van der Waals surface area contributed by atoms with Crippen LogP contribution in [0.2, 0.25) is 0 Å². The molecule has 0 radical (unpaired) electrons. The summed E-state index contributed by atoms with van der Waals surface area (Å²) in [5, 5.41) is 37.7. The smallest absolute Gasteiger partial charge is 0.190 e. The summed E-state index contributed by atoms with van der Waals surface area (Å²) in [5.74, 6) is -0.790. The van der Waals surface area contributed by atoms with Crippen molar-refractivity contribution in [2.75, 3.05) is 33.0 Å². The predicted octanol–water partition coefficient (Wildman–Crippen LogP) is -1.80. The van der Waals surface area contributed by atoms with Crippen LogP contribution in [0.3, 0.4) is 0 Å². The zero-order valence-corrected chi connectivity index (χ0v) is 12.3. The quantitative estimate of drug-likeness (QED) is 0.435. The normalized spacial score (nSPS) is 35.1. The number of hydrogen-bond acceptors (Lipinski definition) is 8. The summed E-state index contributed by atoms with van der Waals surface area (Å²) in [5.41, 5.74) is -1.10. The number of ether oxygens (including phenoxy) is 4. The monoisotopic (exact) mass is 308 g/mol. The van der Waals surface area contributed by atoms with Crippen LogP contribution in [-0.2, 0) is 18.9 Å². The molecule has 2 saturated heterocycles. The number of fused-ring (bicyclic) bond motifs is 1. The Morgan fingerprint density at radius 2 is 1.71 bits per heavy atom. The largest absolute Gasteiger partial charge is 0.396 e. The summed E-state index contributed by atoms with van der Waals surface area (Å²) in [4.78, 5) is 0. The van der Waals surface area contributed by atoms with Gasteiger partial charge in [0, 0.05) is 0 Å². The van der Waals surface area contributed by atoms with E-state index in [2.05, 4.69) is 0 Å². The lowest BCUT2D eigenvalue weighted by atomic mass is 9.93. The van der Waals surface area contributed by atoms with E-state index in [1.807, 2.05) is 0 Å². The first kappa shape index (κ1) is 17.0. The van der Waals surface area contributed by atoms with E-state index in [0.29, 0.717) is 0 Å². The van der Waals surface area contributed by atoms with Crippen LogP contribution in [-0.4, -0.2) is 83.8 Å². The Bertz CT molecular complexity index is 335. The van der Waals surface area contributed by atoms with Gasteiger partial charge in [-0.2, -0.15) is 0 Å². The van der Waals surface area contributed by atoms with Crippen molar-refractivity contribution in [2.45, 2.75) is 44.2 Å². The molecule has 0 amide bonds. The molecule has 0 spiro atoms. The minimum absolute atomic E-state index is 0.0447. The van der Waals surface area contributed by atoms with Gasteiger partial charge in [-0.15, -0.1) is 0 Å². The van der Waals surface area contributed by atoms with Crippen molar-refractivity contribution in [3.05, 3.63) is 0 Å². The van der Waals surface area contributed by atoms with Crippen LogP contribution >= 0.6 is 0 Å². The average molecular weight is 308 g/mol. The molecule has 8 heteroatoms. The van der Waals surface area contributed by atoms with Crippen LogP contribution in [0.1, 0.15) is 13.8 Å². The third-order valence-electron chi connectivity index (χ3n) is 3.81. The van der Waals surface area contributed by atoms with Crippen LogP contribution < -0.4 is 0 Å². The Morgan fingerprint density at radius 1 is 1.10 bits per heavy atom. The van der Waals surface area contributed by atoms with Crippen molar-refractivity contribution in [2.24, 2.45) is 5.41 Å². The summed E-state index contributed by atoms with van der Waals surface area (Å²) in [6.07, 6.45) is -2.71. The highest BCUT2D eigenvalue weighted by Crippen LogP contribution is 2.37. The molecule has 2 fully saturated rings. The van der Waals surface area contributed by atoms with Gasteiger partial charge >= 0.3 is 0 Å². The van der Waals surface area contributed by atoms with Crippen LogP contribution in [0, 0.1) is 5.41 Å². The van der Waals surface area contributed by atoms with Gasteiger partial charge in [0.15, 0.2) is 12.1 Å². The molecule has 2 aliphatic heterocycles. The summed E-state index contributed by atoms with van der Waals surface area (Å²) >= 11 is 0. The minimum atomic E-state index is -1.10. The standard InChI is InChI=1S/C13H24O8/c1-12(2)20-10-9(17)8(19-11(10)21-12)3-18-7-13(4-14,5-15)6-16/h8-11,14-17H,3-7H2,1-2H3/t8-,9+,10-,11-/m1/s1. The first-order chi connectivity index (χ1) is 9.86. The first-order valence-electron chi connectivity index (χ1n) is 6.96. The average Bonchev–Trinajstić information content (AvgIpc) is 2.90. The van der Waals surface area contributed by atoms with Crippen LogP contribution in [0.15, 0.2) is 0 Å². The molecule has 8 nitrogen and oxygen atoms in total. The van der Waals surface area contributed by atoms with Gasteiger partial charge in [0.05, 0.1) is 38.4 Å². The van der Waals surface area contributed by atoms with Crippen molar-refractivity contribution < 1.29 is 39.4 Å². The molecule has 0 saturated carbocycles. The number of aliphatic hydroxyl groups is 4. The maximum Gasteiger partial charge on any atom is 0.190 e. The second-order valence-corrected chi connectivity index (χ2v) is 6.12. The topological polar surface area (TPSA) is 118 Å². The summed E-state index contributed by atoms with van der Waals surface area (Å²) in [6.45, 7) is 2.27. The van der Waals surface area contributed by atoms with Gasteiger partial charge in [0.1, 0.15) is 18.3 Å². The number of hydrogen-bond donors (Lipinski definition) is 4. The van der Waals surface area contributed by atoms with E-state index in [1.165, 1.54) is 0 Å². The van der Waals surface area contributed by atoms with E-state index in [1.54, 1.807) is 13.8 Å². The highest BCUT2D eigenvalue weighted by molar-refractivity contribution is 4.93. The summed E-state index contributed by atoms with van der Waals surface area (Å²) in [6, 6.07) is 0. The highest BCUT2D eigenvalue weighted by atomic mass is 16.8. The van der Waals surface area contributed by atoms with Gasteiger partial charge in [0.2, 0.25) is 0 Å². The van der Waals surface area contributed by atoms with Crippen LogP contribution in [0.4, 0.5) is 0 Å². The van der Waals surface area contributed by atoms with Gasteiger partial charge in [-0.1, -0.05) is 0 Å². The molecule has 21 heavy (non-hydrogen) atoms. The van der Waals surface area contributed by atoms with E-state index in [-0.39, 0.29) is 13.2 Å². The second-order valence-electron chi connectivity index (χ2n) is 6.12. The van der Waals surface area contributed by atoms with Gasteiger partial charge in [-0.3, -0.25) is 0 Å². The van der Waals surface area contributed by atoms with Crippen molar-refractivity contribution in [1.29, 1.82) is 0 Å². The Kier molecular flexibility index (Phi) is 5.22. The zero-order chi connectivity index (χ0) is 15.7. The van der Waals surface area contributed by atoms with E-state index < -0.39 is 55.6 Å². The van der Waals surface area contributed by atoms with E-state index >= 15 is 0 Å². The van der Waals surface area contributed by atoms with Gasteiger partial charge in [-0.25, -0.2) is 0 Å². The third-order valence-corrected chi connectivity index (χ3v) is 3.81. The molecule has 0 bridgehead atoms. The molecule has 0 aromatic rings. The Balaban J connectivity index is 1.81. The molecule has 0 aromatic heterocycles. The first-order valence-corrected chi connectivity index (χ1v) is 6.96. The second kappa shape index (κ2) is 6.43. The lowest BCUT2D eigenvalue weighted by Gasteiger charge is -2.28. The van der Waals surface area contributed by atoms with Crippen molar-refractivity contribution >= 4 is 0 Å². The number of aliphatic hydroxyl groups excluding tert-OH is 4. The lowest BCUT2D eigenvalue weighted by Crippen LogP contribution is -2.41. The fraction of sp³-hybridized carbons (Fsp3) is 1.00. The van der Waals surface area contributed by atoms with Gasteiger partial charge in [0.25, 0.3) is 0 Å². The predicted molar refractivity (Wildman–Crippen MR) is 69.2 cm³/mol. The molecule has 4 N–H and O–H groups in total. The molecule has 4 atom stereocenters. The Morgan fingerprint density at radius 3 is 2.24 bits per heavy atom. The lowest BCUT2D eigenvalue weighted by molar-refractivity contribution is -0.221. The fourth-order valence-corrected chi connectivity index (χ4v) is 2.37. The summed E-state index contributed by atoms with van der Waals surface area (Å²) < 4.78 is 22.0. The molecule has 2 rings (SSSR count). The molecule has 0 unspecified atom stereocenters. The van der Waals surface area contributed by atoms with Gasteiger partial charge < -0.3 is 39.4 Å².